The van der Waals surface area contributed by atoms with Gasteiger partial charge in [0.25, 0.3) is 5.91 Å². The molecule has 2 heterocycles. The molecule has 0 radical (unpaired) electrons. The average Bonchev–Trinajstić information content (AvgIpc) is 3.21. The Morgan fingerprint density at radius 1 is 1.00 bits per heavy atom. The highest BCUT2D eigenvalue weighted by atomic mass is 16.6. The standard InChI is InChI=1S/C22H30N4O4/c1-5-29-21(28)25-14-12-24(13-15-25)20(27)19-10-11-26(23-19)16-30-18-8-6-17(7-9-18)22(2,3)4/h6-11H,5,12-16H2,1-4H3. The number of ether oxygens (including phenoxy) is 2. The molecule has 1 aliphatic rings. The lowest BCUT2D eigenvalue weighted by molar-refractivity contribution is 0.0564. The molecule has 8 heteroatoms. The summed E-state index contributed by atoms with van der Waals surface area (Å²) in [5.41, 5.74) is 1.70. The Balaban J connectivity index is 1.51. The maximum absolute atomic E-state index is 12.7. The van der Waals surface area contributed by atoms with Gasteiger partial charge < -0.3 is 19.3 Å². The molecule has 1 aromatic carbocycles. The van der Waals surface area contributed by atoms with Crippen LogP contribution in [-0.2, 0) is 16.9 Å². The molecule has 0 bridgehead atoms. The van der Waals surface area contributed by atoms with E-state index >= 15 is 0 Å². The summed E-state index contributed by atoms with van der Waals surface area (Å²) in [6.45, 7) is 10.7. The number of carbonyl (C=O) groups excluding carboxylic acids is 2. The van der Waals surface area contributed by atoms with Crippen molar-refractivity contribution in [3.05, 3.63) is 47.8 Å². The minimum Gasteiger partial charge on any atom is -0.471 e. The van der Waals surface area contributed by atoms with E-state index < -0.39 is 0 Å². The van der Waals surface area contributed by atoms with Crippen molar-refractivity contribution in [2.24, 2.45) is 0 Å². The van der Waals surface area contributed by atoms with Gasteiger partial charge in [-0.1, -0.05) is 32.9 Å². The molecule has 162 valence electrons. The van der Waals surface area contributed by atoms with E-state index in [-0.39, 0.29) is 24.1 Å². The highest BCUT2D eigenvalue weighted by Gasteiger charge is 2.26. The van der Waals surface area contributed by atoms with Gasteiger partial charge in [-0.3, -0.25) is 4.79 Å². The molecule has 1 aliphatic heterocycles. The first-order chi connectivity index (χ1) is 14.3. The second-order valence-corrected chi connectivity index (χ2v) is 8.27. The second-order valence-electron chi connectivity index (χ2n) is 8.27. The van der Waals surface area contributed by atoms with E-state index in [1.807, 2.05) is 12.1 Å². The summed E-state index contributed by atoms with van der Waals surface area (Å²) >= 11 is 0. The van der Waals surface area contributed by atoms with Crippen molar-refractivity contribution in [1.82, 2.24) is 19.6 Å². The fourth-order valence-corrected chi connectivity index (χ4v) is 3.21. The minimum atomic E-state index is -0.332. The van der Waals surface area contributed by atoms with Gasteiger partial charge in [0.15, 0.2) is 12.4 Å². The van der Waals surface area contributed by atoms with Gasteiger partial charge in [-0.05, 0) is 36.1 Å². The first-order valence-electron chi connectivity index (χ1n) is 10.3. The molecule has 30 heavy (non-hydrogen) atoms. The normalized spacial score (nSPS) is 14.5. The number of carbonyl (C=O) groups is 2. The zero-order chi connectivity index (χ0) is 21.7. The summed E-state index contributed by atoms with van der Waals surface area (Å²) in [4.78, 5) is 27.8. The van der Waals surface area contributed by atoms with Gasteiger partial charge in [0.05, 0.1) is 6.61 Å². The topological polar surface area (TPSA) is 76.9 Å². The number of nitrogens with zero attached hydrogens (tertiary/aromatic N) is 4. The van der Waals surface area contributed by atoms with E-state index in [2.05, 4.69) is 38.0 Å². The lowest BCUT2D eigenvalue weighted by Gasteiger charge is -2.33. The van der Waals surface area contributed by atoms with Crippen molar-refractivity contribution in [1.29, 1.82) is 0 Å². The lowest BCUT2D eigenvalue weighted by Crippen LogP contribution is -2.50. The van der Waals surface area contributed by atoms with E-state index in [0.29, 0.717) is 38.5 Å². The fourth-order valence-electron chi connectivity index (χ4n) is 3.21. The summed E-state index contributed by atoms with van der Waals surface area (Å²) < 4.78 is 12.4. The largest absolute Gasteiger partial charge is 0.471 e. The van der Waals surface area contributed by atoms with Crippen molar-refractivity contribution in [3.8, 4) is 5.75 Å². The van der Waals surface area contributed by atoms with E-state index in [4.69, 9.17) is 9.47 Å². The molecule has 1 saturated heterocycles. The third-order valence-corrected chi connectivity index (χ3v) is 5.04. The van der Waals surface area contributed by atoms with Gasteiger partial charge in [0, 0.05) is 32.4 Å². The Morgan fingerprint density at radius 2 is 1.63 bits per heavy atom. The van der Waals surface area contributed by atoms with Crippen LogP contribution in [0, 0.1) is 0 Å². The van der Waals surface area contributed by atoms with Gasteiger partial charge in [-0.15, -0.1) is 0 Å². The van der Waals surface area contributed by atoms with Crippen LogP contribution in [-0.4, -0.2) is 64.4 Å². The zero-order valence-electron chi connectivity index (χ0n) is 18.1. The molecule has 1 fully saturated rings. The monoisotopic (exact) mass is 414 g/mol. The Kier molecular flexibility index (Phi) is 6.64. The summed E-state index contributed by atoms with van der Waals surface area (Å²) in [7, 11) is 0. The number of aromatic nitrogens is 2. The molecule has 1 aromatic heterocycles. The summed E-state index contributed by atoms with van der Waals surface area (Å²) in [5, 5.41) is 4.34. The Hall–Kier alpha value is -3.03. The molecule has 0 N–H and O–H groups in total. The van der Waals surface area contributed by atoms with Gasteiger partial charge in [-0.25, -0.2) is 9.48 Å². The number of amides is 2. The van der Waals surface area contributed by atoms with Crippen LogP contribution in [0.4, 0.5) is 4.79 Å². The van der Waals surface area contributed by atoms with Crippen LogP contribution in [0.5, 0.6) is 5.75 Å². The van der Waals surface area contributed by atoms with Crippen LogP contribution >= 0.6 is 0 Å². The van der Waals surface area contributed by atoms with Gasteiger partial charge in [0.2, 0.25) is 0 Å². The van der Waals surface area contributed by atoms with E-state index in [1.165, 1.54) is 5.56 Å². The van der Waals surface area contributed by atoms with Crippen molar-refractivity contribution in [2.45, 2.75) is 39.8 Å². The number of hydrogen-bond acceptors (Lipinski definition) is 5. The first kappa shape index (κ1) is 21.7. The SMILES string of the molecule is CCOC(=O)N1CCN(C(=O)c2ccn(COc3ccc(C(C)(C)C)cc3)n2)CC1. The number of piperazine rings is 1. The molecule has 8 nitrogen and oxygen atoms in total. The quantitative estimate of drug-likeness (QED) is 0.751. The Morgan fingerprint density at radius 3 is 2.23 bits per heavy atom. The highest BCUT2D eigenvalue weighted by molar-refractivity contribution is 5.92. The molecular formula is C22H30N4O4. The predicted octanol–water partition coefficient (Wildman–Crippen LogP) is 3.13. The predicted molar refractivity (Wildman–Crippen MR) is 112 cm³/mol. The summed E-state index contributed by atoms with van der Waals surface area (Å²) in [6.07, 6.45) is 1.40. The zero-order valence-corrected chi connectivity index (χ0v) is 18.1. The van der Waals surface area contributed by atoms with Crippen LogP contribution in [0.25, 0.3) is 0 Å². The number of rotatable bonds is 5. The number of benzene rings is 1. The second kappa shape index (κ2) is 9.19. The third-order valence-electron chi connectivity index (χ3n) is 5.04. The molecule has 0 spiro atoms. The van der Waals surface area contributed by atoms with Gasteiger partial charge in [-0.2, -0.15) is 5.10 Å². The van der Waals surface area contributed by atoms with Crippen LogP contribution < -0.4 is 4.74 Å². The molecule has 0 saturated carbocycles. The molecule has 0 unspecified atom stereocenters. The van der Waals surface area contributed by atoms with Crippen LogP contribution in [0.3, 0.4) is 0 Å². The maximum atomic E-state index is 12.7. The van der Waals surface area contributed by atoms with Crippen molar-refractivity contribution >= 4 is 12.0 Å². The van der Waals surface area contributed by atoms with Crippen LogP contribution in [0.15, 0.2) is 36.5 Å². The fraction of sp³-hybridized carbons (Fsp3) is 0.500. The molecule has 3 rings (SSSR count). The Bertz CT molecular complexity index is 862. The first-order valence-corrected chi connectivity index (χ1v) is 10.3. The smallest absolute Gasteiger partial charge is 0.409 e. The van der Waals surface area contributed by atoms with Crippen LogP contribution in [0.2, 0.25) is 0 Å². The van der Waals surface area contributed by atoms with Gasteiger partial charge >= 0.3 is 6.09 Å². The highest BCUT2D eigenvalue weighted by Crippen LogP contribution is 2.24. The van der Waals surface area contributed by atoms with Crippen molar-refractivity contribution in [3.63, 3.8) is 0 Å². The molecule has 2 aromatic rings. The third kappa shape index (κ3) is 5.31. The molecular weight excluding hydrogens is 384 g/mol. The van der Waals surface area contributed by atoms with Crippen molar-refractivity contribution < 1.29 is 19.1 Å². The van der Waals surface area contributed by atoms with Crippen molar-refractivity contribution in [2.75, 3.05) is 32.8 Å². The van der Waals surface area contributed by atoms with Gasteiger partial charge in [0.1, 0.15) is 5.75 Å². The minimum absolute atomic E-state index is 0.0948. The average molecular weight is 415 g/mol. The molecule has 0 atom stereocenters. The molecule has 0 aliphatic carbocycles. The summed E-state index contributed by atoms with van der Waals surface area (Å²) in [6, 6.07) is 9.69. The number of hydrogen-bond donors (Lipinski definition) is 0. The Labute approximate surface area is 177 Å². The molecule has 2 amide bonds. The lowest BCUT2D eigenvalue weighted by atomic mass is 9.87. The van der Waals surface area contributed by atoms with E-state index in [0.717, 1.165) is 5.75 Å². The summed E-state index contributed by atoms with van der Waals surface area (Å²) in [5.74, 6) is 0.605. The maximum Gasteiger partial charge on any atom is 0.409 e. The van der Waals surface area contributed by atoms with Crippen LogP contribution in [0.1, 0.15) is 43.7 Å². The van der Waals surface area contributed by atoms with E-state index in [1.54, 1.807) is 33.7 Å². The van der Waals surface area contributed by atoms with E-state index in [9.17, 15) is 9.59 Å².